The highest BCUT2D eigenvalue weighted by atomic mass is 16.7. The molecule has 0 aromatic carbocycles. The van der Waals surface area contributed by atoms with Crippen molar-refractivity contribution in [1.29, 1.82) is 0 Å². The summed E-state index contributed by atoms with van der Waals surface area (Å²) >= 11 is 0. The van der Waals surface area contributed by atoms with Crippen LogP contribution in [-0.4, -0.2) is 20.0 Å². The summed E-state index contributed by atoms with van der Waals surface area (Å²) < 4.78 is 11.0. The van der Waals surface area contributed by atoms with Crippen molar-refractivity contribution in [2.24, 2.45) is 5.92 Å². The molecule has 0 rings (SSSR count). The van der Waals surface area contributed by atoms with Crippen LogP contribution in [0, 0.1) is 5.92 Å². The Hall–Kier alpha value is -0.0800. The van der Waals surface area contributed by atoms with Gasteiger partial charge in [-0.05, 0) is 25.2 Å². The summed E-state index contributed by atoms with van der Waals surface area (Å²) in [6.45, 7) is 9.03. The van der Waals surface area contributed by atoms with Crippen molar-refractivity contribution < 1.29 is 9.47 Å². The molecule has 0 aliphatic heterocycles. The van der Waals surface area contributed by atoms with Gasteiger partial charge in [0.2, 0.25) is 0 Å². The molecule has 0 amide bonds. The topological polar surface area (TPSA) is 18.5 Å². The summed E-state index contributed by atoms with van der Waals surface area (Å²) in [5.74, 6) is 0.845. The molecule has 0 saturated carbocycles. The number of rotatable bonds is 15. The van der Waals surface area contributed by atoms with Gasteiger partial charge >= 0.3 is 0 Å². The summed E-state index contributed by atoms with van der Waals surface area (Å²) in [5.41, 5.74) is 0. The van der Waals surface area contributed by atoms with Crippen LogP contribution in [0.25, 0.3) is 0 Å². The molecule has 0 radical (unpaired) electrons. The standard InChI is InChI=1S/C17H36O2/c1-4-6-7-8-9-10-14-18-16-19-15-11-13-17(3)12-5-2/h17H,4-16H2,1-3H3. The van der Waals surface area contributed by atoms with Crippen LogP contribution in [0.5, 0.6) is 0 Å². The van der Waals surface area contributed by atoms with Crippen LogP contribution in [0.1, 0.15) is 85.0 Å². The highest BCUT2D eigenvalue weighted by molar-refractivity contribution is 4.51. The molecular weight excluding hydrogens is 236 g/mol. The maximum atomic E-state index is 5.49. The molecule has 0 aromatic rings. The van der Waals surface area contributed by atoms with Gasteiger partial charge in [-0.15, -0.1) is 0 Å². The van der Waals surface area contributed by atoms with E-state index in [0.29, 0.717) is 6.79 Å². The minimum Gasteiger partial charge on any atom is -0.355 e. The average Bonchev–Trinajstić information content (AvgIpc) is 2.40. The van der Waals surface area contributed by atoms with Crippen LogP contribution >= 0.6 is 0 Å². The molecule has 0 fully saturated rings. The van der Waals surface area contributed by atoms with E-state index in [1.165, 1.54) is 64.2 Å². The van der Waals surface area contributed by atoms with Crippen molar-refractivity contribution in [2.75, 3.05) is 20.0 Å². The Kier molecular flexibility index (Phi) is 15.9. The van der Waals surface area contributed by atoms with Gasteiger partial charge in [-0.25, -0.2) is 0 Å². The van der Waals surface area contributed by atoms with Crippen LogP contribution in [0.3, 0.4) is 0 Å². The molecule has 19 heavy (non-hydrogen) atoms. The second kappa shape index (κ2) is 16.0. The molecule has 1 atom stereocenters. The summed E-state index contributed by atoms with van der Waals surface area (Å²) in [4.78, 5) is 0. The van der Waals surface area contributed by atoms with Crippen molar-refractivity contribution in [3.05, 3.63) is 0 Å². The van der Waals surface area contributed by atoms with Crippen LogP contribution in [0.4, 0.5) is 0 Å². The van der Waals surface area contributed by atoms with E-state index in [0.717, 1.165) is 19.1 Å². The predicted molar refractivity (Wildman–Crippen MR) is 83.5 cm³/mol. The summed E-state index contributed by atoms with van der Waals surface area (Å²) in [5, 5.41) is 0. The van der Waals surface area contributed by atoms with Crippen molar-refractivity contribution >= 4 is 0 Å². The maximum Gasteiger partial charge on any atom is 0.146 e. The van der Waals surface area contributed by atoms with E-state index in [2.05, 4.69) is 20.8 Å². The lowest BCUT2D eigenvalue weighted by molar-refractivity contribution is -0.0560. The molecule has 0 aromatic heterocycles. The molecule has 0 aliphatic rings. The quantitative estimate of drug-likeness (QED) is 0.287. The van der Waals surface area contributed by atoms with Crippen LogP contribution in [0.2, 0.25) is 0 Å². The van der Waals surface area contributed by atoms with Crippen molar-refractivity contribution in [2.45, 2.75) is 85.0 Å². The fourth-order valence-electron chi connectivity index (χ4n) is 2.33. The average molecular weight is 272 g/mol. The van der Waals surface area contributed by atoms with E-state index in [9.17, 15) is 0 Å². The molecule has 0 saturated heterocycles. The fraction of sp³-hybridized carbons (Fsp3) is 1.00. The van der Waals surface area contributed by atoms with E-state index >= 15 is 0 Å². The molecule has 116 valence electrons. The van der Waals surface area contributed by atoms with Crippen LogP contribution in [0.15, 0.2) is 0 Å². The van der Waals surface area contributed by atoms with Crippen LogP contribution in [-0.2, 0) is 9.47 Å². The molecule has 0 aliphatic carbocycles. The van der Waals surface area contributed by atoms with Gasteiger partial charge in [-0.1, -0.05) is 65.7 Å². The van der Waals surface area contributed by atoms with Gasteiger partial charge < -0.3 is 9.47 Å². The van der Waals surface area contributed by atoms with Crippen molar-refractivity contribution in [1.82, 2.24) is 0 Å². The van der Waals surface area contributed by atoms with Gasteiger partial charge in [0.05, 0.1) is 0 Å². The van der Waals surface area contributed by atoms with E-state index < -0.39 is 0 Å². The van der Waals surface area contributed by atoms with Gasteiger partial charge in [0.1, 0.15) is 6.79 Å². The number of ether oxygens (including phenoxy) is 2. The zero-order valence-electron chi connectivity index (χ0n) is 13.6. The largest absolute Gasteiger partial charge is 0.355 e. The van der Waals surface area contributed by atoms with E-state index in [4.69, 9.17) is 9.47 Å². The SMILES string of the molecule is CCCCCCCCOCOCCCC(C)CCC. The summed E-state index contributed by atoms with van der Waals surface area (Å²) in [6, 6.07) is 0. The summed E-state index contributed by atoms with van der Waals surface area (Å²) in [7, 11) is 0. The minimum absolute atomic E-state index is 0.483. The third kappa shape index (κ3) is 15.9. The lowest BCUT2D eigenvalue weighted by Gasteiger charge is -2.10. The monoisotopic (exact) mass is 272 g/mol. The van der Waals surface area contributed by atoms with Gasteiger partial charge in [-0.3, -0.25) is 0 Å². The first-order chi connectivity index (χ1) is 9.31. The van der Waals surface area contributed by atoms with E-state index in [1.807, 2.05) is 0 Å². The first-order valence-corrected chi connectivity index (χ1v) is 8.46. The molecule has 0 N–H and O–H groups in total. The Bertz CT molecular complexity index is 159. The molecule has 0 heterocycles. The lowest BCUT2D eigenvalue weighted by Crippen LogP contribution is -2.04. The Balaban J connectivity index is 2.99. The Morgan fingerprint density at radius 1 is 0.684 bits per heavy atom. The summed E-state index contributed by atoms with van der Waals surface area (Å²) in [6.07, 6.45) is 13.0. The first kappa shape index (κ1) is 18.9. The maximum absolute atomic E-state index is 5.49. The van der Waals surface area contributed by atoms with Crippen molar-refractivity contribution in [3.63, 3.8) is 0 Å². The smallest absolute Gasteiger partial charge is 0.146 e. The van der Waals surface area contributed by atoms with Gasteiger partial charge in [-0.2, -0.15) is 0 Å². The second-order valence-electron chi connectivity index (χ2n) is 5.74. The van der Waals surface area contributed by atoms with Gasteiger partial charge in [0, 0.05) is 13.2 Å². The molecule has 0 bridgehead atoms. The fourth-order valence-corrected chi connectivity index (χ4v) is 2.33. The molecule has 2 nitrogen and oxygen atoms in total. The molecule has 2 heteroatoms. The number of hydrogen-bond donors (Lipinski definition) is 0. The third-order valence-electron chi connectivity index (χ3n) is 3.58. The Labute approximate surface area is 121 Å². The first-order valence-electron chi connectivity index (χ1n) is 8.46. The molecule has 0 spiro atoms. The Morgan fingerprint density at radius 3 is 2.00 bits per heavy atom. The zero-order chi connectivity index (χ0) is 14.2. The van der Waals surface area contributed by atoms with Crippen LogP contribution < -0.4 is 0 Å². The van der Waals surface area contributed by atoms with E-state index in [-0.39, 0.29) is 0 Å². The zero-order valence-corrected chi connectivity index (χ0v) is 13.6. The number of unbranched alkanes of at least 4 members (excludes halogenated alkanes) is 5. The van der Waals surface area contributed by atoms with E-state index in [1.54, 1.807) is 0 Å². The van der Waals surface area contributed by atoms with Gasteiger partial charge in [0.25, 0.3) is 0 Å². The Morgan fingerprint density at radius 2 is 1.32 bits per heavy atom. The third-order valence-corrected chi connectivity index (χ3v) is 3.58. The predicted octanol–water partition coefficient (Wildman–Crippen LogP) is 5.55. The highest BCUT2D eigenvalue weighted by Gasteiger charge is 1.99. The van der Waals surface area contributed by atoms with Crippen molar-refractivity contribution in [3.8, 4) is 0 Å². The minimum atomic E-state index is 0.483. The van der Waals surface area contributed by atoms with Gasteiger partial charge in [0.15, 0.2) is 0 Å². The lowest BCUT2D eigenvalue weighted by atomic mass is 10.0. The molecular formula is C17H36O2. The second-order valence-corrected chi connectivity index (χ2v) is 5.74. The number of hydrogen-bond acceptors (Lipinski definition) is 2. The molecule has 1 unspecified atom stereocenters. The highest BCUT2D eigenvalue weighted by Crippen LogP contribution is 2.11. The normalized spacial score (nSPS) is 12.8.